The van der Waals surface area contributed by atoms with Crippen molar-refractivity contribution in [3.8, 4) is 11.5 Å². The number of aryl methyl sites for hydroxylation is 1. The van der Waals surface area contributed by atoms with E-state index in [1.807, 2.05) is 25.1 Å². The van der Waals surface area contributed by atoms with E-state index in [0.29, 0.717) is 22.9 Å². The van der Waals surface area contributed by atoms with E-state index in [1.54, 1.807) is 18.0 Å². The summed E-state index contributed by atoms with van der Waals surface area (Å²) in [6, 6.07) is 5.67. The Morgan fingerprint density at radius 1 is 1.41 bits per heavy atom. The Balaban J connectivity index is 2.38. The molecule has 1 N–H and O–H groups in total. The first-order valence-corrected chi connectivity index (χ1v) is 7.62. The lowest BCUT2D eigenvalue weighted by Gasteiger charge is -2.11. The van der Waals surface area contributed by atoms with Crippen LogP contribution in [0.2, 0.25) is 0 Å². The molecule has 118 valence electrons. The zero-order valence-corrected chi connectivity index (χ0v) is 13.8. The van der Waals surface area contributed by atoms with Gasteiger partial charge in [-0.05, 0) is 37.7 Å². The van der Waals surface area contributed by atoms with Crippen molar-refractivity contribution in [2.45, 2.75) is 26.7 Å². The highest BCUT2D eigenvalue weighted by Gasteiger charge is 2.09. The van der Waals surface area contributed by atoms with Crippen LogP contribution >= 0.6 is 12.2 Å². The molecule has 0 amide bonds. The maximum absolute atomic E-state index is 5.66. The molecule has 0 aliphatic carbocycles. The average Bonchev–Trinajstić information content (AvgIpc) is 2.87. The third-order valence-corrected chi connectivity index (χ3v) is 3.29. The Hall–Kier alpha value is -2.15. The van der Waals surface area contributed by atoms with Crippen molar-refractivity contribution in [3.05, 3.63) is 34.4 Å². The molecule has 0 spiro atoms. The van der Waals surface area contributed by atoms with Gasteiger partial charge in [0.1, 0.15) is 0 Å². The number of ether oxygens (including phenoxy) is 2. The SMILES string of the molecule is CCCc1n[nH]c(=S)n1/N=C/c1cccc(OC)c1OCC. The van der Waals surface area contributed by atoms with Crippen LogP contribution in [-0.2, 0) is 6.42 Å². The van der Waals surface area contributed by atoms with E-state index in [0.717, 1.165) is 24.2 Å². The molecule has 0 aliphatic heterocycles. The zero-order chi connectivity index (χ0) is 15.9. The largest absolute Gasteiger partial charge is 0.493 e. The third-order valence-electron chi connectivity index (χ3n) is 3.02. The molecule has 22 heavy (non-hydrogen) atoms. The van der Waals surface area contributed by atoms with Crippen molar-refractivity contribution in [1.82, 2.24) is 14.9 Å². The quantitative estimate of drug-likeness (QED) is 0.628. The number of nitrogens with one attached hydrogen (secondary N) is 1. The first kappa shape index (κ1) is 16.2. The molecule has 0 aliphatic rings. The van der Waals surface area contributed by atoms with Crippen molar-refractivity contribution in [3.63, 3.8) is 0 Å². The molecule has 0 unspecified atom stereocenters. The summed E-state index contributed by atoms with van der Waals surface area (Å²) in [4.78, 5) is 0. The number of aromatic amines is 1. The first-order valence-electron chi connectivity index (χ1n) is 7.21. The minimum atomic E-state index is 0.473. The Morgan fingerprint density at radius 2 is 2.23 bits per heavy atom. The van der Waals surface area contributed by atoms with Gasteiger partial charge in [-0.2, -0.15) is 14.9 Å². The van der Waals surface area contributed by atoms with Crippen LogP contribution in [0.3, 0.4) is 0 Å². The Bertz CT molecular complexity index is 706. The van der Waals surface area contributed by atoms with Crippen LogP contribution in [-0.4, -0.2) is 34.8 Å². The maximum atomic E-state index is 5.66. The molecule has 1 heterocycles. The number of benzene rings is 1. The topological polar surface area (TPSA) is 64.4 Å². The molecule has 0 atom stereocenters. The van der Waals surface area contributed by atoms with Crippen LogP contribution in [0.1, 0.15) is 31.7 Å². The number of rotatable bonds is 7. The number of para-hydroxylation sites is 1. The lowest BCUT2D eigenvalue weighted by atomic mass is 10.2. The maximum Gasteiger partial charge on any atom is 0.216 e. The van der Waals surface area contributed by atoms with Gasteiger partial charge in [0, 0.05) is 12.0 Å². The summed E-state index contributed by atoms with van der Waals surface area (Å²) >= 11 is 5.21. The molecule has 1 aromatic carbocycles. The highest BCUT2D eigenvalue weighted by molar-refractivity contribution is 7.71. The smallest absolute Gasteiger partial charge is 0.216 e. The molecule has 1 aromatic heterocycles. The minimum Gasteiger partial charge on any atom is -0.493 e. The molecule has 2 rings (SSSR count). The van der Waals surface area contributed by atoms with Gasteiger partial charge in [-0.1, -0.05) is 13.0 Å². The fourth-order valence-corrected chi connectivity index (χ4v) is 2.24. The monoisotopic (exact) mass is 320 g/mol. The van der Waals surface area contributed by atoms with Gasteiger partial charge < -0.3 is 9.47 Å². The second-order valence-electron chi connectivity index (χ2n) is 4.56. The van der Waals surface area contributed by atoms with E-state index in [4.69, 9.17) is 21.7 Å². The highest BCUT2D eigenvalue weighted by atomic mass is 32.1. The molecule has 7 heteroatoms. The second kappa shape index (κ2) is 7.74. The van der Waals surface area contributed by atoms with Crippen molar-refractivity contribution in [2.24, 2.45) is 5.10 Å². The van der Waals surface area contributed by atoms with E-state index in [2.05, 4.69) is 22.2 Å². The minimum absolute atomic E-state index is 0.473. The lowest BCUT2D eigenvalue weighted by Crippen LogP contribution is -2.02. The van der Waals surface area contributed by atoms with Gasteiger partial charge >= 0.3 is 0 Å². The predicted molar refractivity (Wildman–Crippen MR) is 88.6 cm³/mol. The van der Waals surface area contributed by atoms with Gasteiger partial charge in [0.15, 0.2) is 17.3 Å². The van der Waals surface area contributed by atoms with Crippen LogP contribution in [0, 0.1) is 4.77 Å². The van der Waals surface area contributed by atoms with Crippen molar-refractivity contribution in [1.29, 1.82) is 0 Å². The summed E-state index contributed by atoms with van der Waals surface area (Å²) in [5, 5.41) is 11.4. The Morgan fingerprint density at radius 3 is 2.91 bits per heavy atom. The highest BCUT2D eigenvalue weighted by Crippen LogP contribution is 2.30. The zero-order valence-electron chi connectivity index (χ0n) is 13.0. The summed E-state index contributed by atoms with van der Waals surface area (Å²) in [5.74, 6) is 2.16. The summed E-state index contributed by atoms with van der Waals surface area (Å²) < 4.78 is 13.1. The molecular formula is C15H20N4O2S. The van der Waals surface area contributed by atoms with E-state index in [-0.39, 0.29) is 0 Å². The van der Waals surface area contributed by atoms with Crippen molar-refractivity contribution < 1.29 is 9.47 Å². The lowest BCUT2D eigenvalue weighted by molar-refractivity contribution is 0.310. The van der Waals surface area contributed by atoms with Crippen LogP contribution in [0.5, 0.6) is 11.5 Å². The number of nitrogens with zero attached hydrogens (tertiary/aromatic N) is 3. The summed E-state index contributed by atoms with van der Waals surface area (Å²) in [7, 11) is 1.62. The van der Waals surface area contributed by atoms with E-state index >= 15 is 0 Å². The second-order valence-corrected chi connectivity index (χ2v) is 4.95. The molecule has 0 fully saturated rings. The van der Waals surface area contributed by atoms with Gasteiger partial charge in [-0.15, -0.1) is 0 Å². The van der Waals surface area contributed by atoms with Gasteiger partial charge in [-0.3, -0.25) is 5.10 Å². The average molecular weight is 320 g/mol. The number of aromatic nitrogens is 3. The van der Waals surface area contributed by atoms with Crippen LogP contribution in [0.25, 0.3) is 0 Å². The molecule has 2 aromatic rings. The molecule has 6 nitrogen and oxygen atoms in total. The molecule has 0 bridgehead atoms. The number of H-pyrrole nitrogens is 1. The fraction of sp³-hybridized carbons (Fsp3) is 0.400. The number of hydrogen-bond donors (Lipinski definition) is 1. The van der Waals surface area contributed by atoms with Gasteiger partial charge in [-0.25, -0.2) is 0 Å². The number of hydrogen-bond acceptors (Lipinski definition) is 5. The van der Waals surface area contributed by atoms with Crippen LogP contribution in [0.15, 0.2) is 23.3 Å². The fourth-order valence-electron chi connectivity index (χ4n) is 2.04. The summed E-state index contributed by atoms with van der Waals surface area (Å²) in [6.45, 7) is 4.56. The van der Waals surface area contributed by atoms with Gasteiger partial charge in [0.05, 0.1) is 19.9 Å². The number of methoxy groups -OCH3 is 1. The summed E-state index contributed by atoms with van der Waals surface area (Å²) in [6.07, 6.45) is 3.48. The van der Waals surface area contributed by atoms with Gasteiger partial charge in [0.25, 0.3) is 0 Å². The Kier molecular flexibility index (Phi) is 5.71. The van der Waals surface area contributed by atoms with Crippen LogP contribution < -0.4 is 9.47 Å². The van der Waals surface area contributed by atoms with Gasteiger partial charge in [0.2, 0.25) is 4.77 Å². The molecule has 0 radical (unpaired) electrons. The van der Waals surface area contributed by atoms with Crippen molar-refractivity contribution in [2.75, 3.05) is 13.7 Å². The summed E-state index contributed by atoms with van der Waals surface area (Å²) in [5.41, 5.74) is 0.826. The Labute approximate surface area is 134 Å². The third kappa shape index (κ3) is 3.54. The normalized spacial score (nSPS) is 11.0. The van der Waals surface area contributed by atoms with Crippen LogP contribution in [0.4, 0.5) is 0 Å². The molecule has 0 saturated carbocycles. The first-order chi connectivity index (χ1) is 10.7. The standard InChI is InChI=1S/C15H20N4O2S/c1-4-7-13-17-18-15(22)19(13)16-10-11-8-6-9-12(20-3)14(11)21-5-2/h6,8-10H,4-5,7H2,1-3H3,(H,18,22)/b16-10+. The molecule has 0 saturated heterocycles. The predicted octanol–water partition coefficient (Wildman–Crippen LogP) is 3.18. The van der Waals surface area contributed by atoms with E-state index in [9.17, 15) is 0 Å². The molecular weight excluding hydrogens is 300 g/mol. The van der Waals surface area contributed by atoms with E-state index < -0.39 is 0 Å². The van der Waals surface area contributed by atoms with E-state index in [1.165, 1.54) is 0 Å². The van der Waals surface area contributed by atoms with Crippen molar-refractivity contribution >= 4 is 18.4 Å².